The van der Waals surface area contributed by atoms with Gasteiger partial charge in [-0.05, 0) is 37.9 Å². The number of hydrogen-bond acceptors (Lipinski definition) is 1. The van der Waals surface area contributed by atoms with Crippen LogP contribution in [0.2, 0.25) is 0 Å². The topological polar surface area (TPSA) is 3.24 Å². The second-order valence-corrected chi connectivity index (χ2v) is 15.0. The highest BCUT2D eigenvalue weighted by atomic mass is 15.1. The molecule has 0 aliphatic rings. The molecule has 1 heteroatoms. The average molecular weight is 652 g/mol. The van der Waals surface area contributed by atoms with Gasteiger partial charge in [0, 0.05) is 6.54 Å². The van der Waals surface area contributed by atoms with E-state index in [0.717, 1.165) is 0 Å². The second kappa shape index (κ2) is 37.7. The van der Waals surface area contributed by atoms with E-state index >= 15 is 0 Å². The van der Waals surface area contributed by atoms with Gasteiger partial charge in [-0.1, -0.05) is 249 Å². The van der Waals surface area contributed by atoms with Crippen LogP contribution in [0.1, 0.15) is 231 Å². The van der Waals surface area contributed by atoms with Crippen LogP contribution in [-0.2, 0) is 0 Å². The van der Waals surface area contributed by atoms with E-state index in [1.54, 1.807) is 0 Å². The second-order valence-electron chi connectivity index (χ2n) is 15.0. The van der Waals surface area contributed by atoms with Gasteiger partial charge in [-0.25, -0.2) is 0 Å². The van der Waals surface area contributed by atoms with Crippen molar-refractivity contribution >= 4 is 6.08 Å². The van der Waals surface area contributed by atoms with Crippen LogP contribution in [0.25, 0.3) is 6.08 Å². The quantitative estimate of drug-likeness (QED) is 0.0643. The Morgan fingerprint density at radius 3 is 0.979 bits per heavy atom. The number of unbranched alkanes of at least 4 members (excludes halogenated alkanes) is 30. The van der Waals surface area contributed by atoms with E-state index in [4.69, 9.17) is 0 Å². The van der Waals surface area contributed by atoms with Crippen molar-refractivity contribution in [2.75, 3.05) is 19.6 Å². The molecule has 0 atom stereocenters. The van der Waals surface area contributed by atoms with Gasteiger partial charge in [0.05, 0.1) is 0 Å². The van der Waals surface area contributed by atoms with Crippen LogP contribution >= 0.6 is 0 Å². The van der Waals surface area contributed by atoms with Gasteiger partial charge in [-0.3, -0.25) is 0 Å². The molecule has 0 fully saturated rings. The minimum Gasteiger partial charge on any atom is -0.303 e. The summed E-state index contributed by atoms with van der Waals surface area (Å²) in [5.41, 5.74) is 1.33. The molecule has 0 N–H and O–H groups in total. The minimum absolute atomic E-state index is 1.17. The molecule has 274 valence electrons. The molecular weight excluding hydrogens is 567 g/mol. The van der Waals surface area contributed by atoms with E-state index in [1.807, 2.05) is 0 Å². The standard InChI is InChI=1S/C46H85N/c1-3-5-7-9-11-13-15-17-19-21-23-25-27-29-31-37-43-47(45-39-36-42-46-40-34-33-35-41-46)44-38-32-30-28-26-24-22-20-18-16-14-12-10-8-6-4-2/h33-36,40-42H,3-32,37-39,43-45H2,1-2H3. The highest BCUT2D eigenvalue weighted by Gasteiger charge is 2.04. The summed E-state index contributed by atoms with van der Waals surface area (Å²) in [4.78, 5) is 2.78. The smallest absolute Gasteiger partial charge is 0.00160 e. The van der Waals surface area contributed by atoms with Crippen molar-refractivity contribution in [2.45, 2.75) is 226 Å². The van der Waals surface area contributed by atoms with E-state index in [0.29, 0.717) is 0 Å². The van der Waals surface area contributed by atoms with Crippen molar-refractivity contribution in [1.82, 2.24) is 4.90 Å². The largest absolute Gasteiger partial charge is 0.303 e. The first-order valence-electron chi connectivity index (χ1n) is 21.8. The lowest BCUT2D eigenvalue weighted by Crippen LogP contribution is -2.27. The summed E-state index contributed by atoms with van der Waals surface area (Å²) < 4.78 is 0. The SMILES string of the molecule is CCCCCCCCCCCCCCCCCCN(CCC=Cc1ccccc1)CCCCCCCCCCCCCCCCCC. The number of nitrogens with zero attached hydrogens (tertiary/aromatic N) is 1. The zero-order chi connectivity index (χ0) is 33.6. The number of benzene rings is 1. The average Bonchev–Trinajstić information content (AvgIpc) is 3.09. The van der Waals surface area contributed by atoms with Crippen molar-refractivity contribution in [3.05, 3.63) is 42.0 Å². The summed E-state index contributed by atoms with van der Waals surface area (Å²) in [6.45, 7) is 8.45. The van der Waals surface area contributed by atoms with Crippen molar-refractivity contribution < 1.29 is 0 Å². The van der Waals surface area contributed by atoms with Gasteiger partial charge in [0.15, 0.2) is 0 Å². The molecule has 47 heavy (non-hydrogen) atoms. The lowest BCUT2D eigenvalue weighted by atomic mass is 10.0. The highest BCUT2D eigenvalue weighted by Crippen LogP contribution is 2.16. The molecule has 0 aliphatic heterocycles. The Morgan fingerprint density at radius 2 is 0.660 bits per heavy atom. The summed E-state index contributed by atoms with van der Waals surface area (Å²) in [7, 11) is 0. The van der Waals surface area contributed by atoms with Gasteiger partial charge in [0.25, 0.3) is 0 Å². The third kappa shape index (κ3) is 33.2. The Kier molecular flexibility index (Phi) is 35.3. The van der Waals surface area contributed by atoms with E-state index in [2.05, 4.69) is 61.2 Å². The van der Waals surface area contributed by atoms with Gasteiger partial charge in [0.1, 0.15) is 0 Å². The predicted octanol–water partition coefficient (Wildman–Crippen LogP) is 15.9. The van der Waals surface area contributed by atoms with Crippen molar-refractivity contribution in [3.63, 3.8) is 0 Å². The zero-order valence-electron chi connectivity index (χ0n) is 32.4. The fourth-order valence-electron chi connectivity index (χ4n) is 7.14. The Labute approximate surface area is 297 Å². The molecule has 0 heterocycles. The maximum absolute atomic E-state index is 2.78. The van der Waals surface area contributed by atoms with Crippen LogP contribution in [0.5, 0.6) is 0 Å². The predicted molar refractivity (Wildman–Crippen MR) is 216 cm³/mol. The first-order valence-corrected chi connectivity index (χ1v) is 21.8. The van der Waals surface area contributed by atoms with Gasteiger partial charge < -0.3 is 4.90 Å². The third-order valence-electron chi connectivity index (χ3n) is 10.4. The maximum Gasteiger partial charge on any atom is 0.00160 e. The molecule has 0 bridgehead atoms. The molecular formula is C46H85N. The molecule has 0 unspecified atom stereocenters. The molecule has 0 radical (unpaired) electrons. The van der Waals surface area contributed by atoms with Crippen molar-refractivity contribution in [3.8, 4) is 0 Å². The van der Waals surface area contributed by atoms with Gasteiger partial charge in [-0.15, -0.1) is 0 Å². The van der Waals surface area contributed by atoms with E-state index in [1.165, 1.54) is 237 Å². The molecule has 1 nitrogen and oxygen atoms in total. The summed E-state index contributed by atoms with van der Waals surface area (Å²) in [6.07, 6.45) is 52.3. The first kappa shape index (κ1) is 43.9. The first-order chi connectivity index (χ1) is 23.4. The van der Waals surface area contributed by atoms with E-state index < -0.39 is 0 Å². The van der Waals surface area contributed by atoms with Crippen LogP contribution in [-0.4, -0.2) is 24.5 Å². The van der Waals surface area contributed by atoms with Crippen LogP contribution in [0.3, 0.4) is 0 Å². The van der Waals surface area contributed by atoms with Gasteiger partial charge in [0.2, 0.25) is 0 Å². The Balaban J connectivity index is 2.06. The zero-order valence-corrected chi connectivity index (χ0v) is 32.4. The van der Waals surface area contributed by atoms with Gasteiger partial charge in [-0.2, -0.15) is 0 Å². The van der Waals surface area contributed by atoms with Crippen molar-refractivity contribution in [2.24, 2.45) is 0 Å². The molecule has 1 rings (SSSR count). The Morgan fingerprint density at radius 1 is 0.362 bits per heavy atom. The summed E-state index contributed by atoms with van der Waals surface area (Å²) in [5.74, 6) is 0. The molecule has 0 spiro atoms. The lowest BCUT2D eigenvalue weighted by Gasteiger charge is -2.21. The summed E-state index contributed by atoms with van der Waals surface area (Å²) in [5, 5.41) is 0. The van der Waals surface area contributed by atoms with Crippen LogP contribution < -0.4 is 0 Å². The molecule has 1 aromatic rings. The monoisotopic (exact) mass is 652 g/mol. The Hall–Kier alpha value is -1.08. The van der Waals surface area contributed by atoms with Crippen LogP contribution in [0.15, 0.2) is 36.4 Å². The van der Waals surface area contributed by atoms with Crippen LogP contribution in [0.4, 0.5) is 0 Å². The fourth-order valence-corrected chi connectivity index (χ4v) is 7.14. The van der Waals surface area contributed by atoms with Crippen molar-refractivity contribution in [1.29, 1.82) is 0 Å². The van der Waals surface area contributed by atoms with E-state index in [-0.39, 0.29) is 0 Å². The summed E-state index contributed by atoms with van der Waals surface area (Å²) in [6, 6.07) is 10.8. The minimum atomic E-state index is 1.17. The molecule has 0 aliphatic carbocycles. The fraction of sp³-hybridized carbons (Fsp3) is 0.826. The molecule has 0 saturated heterocycles. The summed E-state index contributed by atoms with van der Waals surface area (Å²) >= 11 is 0. The molecule has 1 aromatic carbocycles. The number of rotatable bonds is 38. The normalized spacial score (nSPS) is 11.8. The molecule has 0 amide bonds. The lowest BCUT2D eigenvalue weighted by molar-refractivity contribution is 0.265. The maximum atomic E-state index is 2.78. The Bertz CT molecular complexity index is 688. The molecule has 0 saturated carbocycles. The molecule has 0 aromatic heterocycles. The van der Waals surface area contributed by atoms with Gasteiger partial charge >= 0.3 is 0 Å². The number of hydrogen-bond donors (Lipinski definition) is 0. The highest BCUT2D eigenvalue weighted by molar-refractivity contribution is 5.48. The van der Waals surface area contributed by atoms with E-state index in [9.17, 15) is 0 Å². The third-order valence-corrected chi connectivity index (χ3v) is 10.4. The van der Waals surface area contributed by atoms with Crippen LogP contribution in [0, 0.1) is 0 Å².